The summed E-state index contributed by atoms with van der Waals surface area (Å²) in [5.41, 5.74) is 1.44. The number of benzene rings is 1. The summed E-state index contributed by atoms with van der Waals surface area (Å²) in [6, 6.07) is 11.5. The van der Waals surface area contributed by atoms with Crippen molar-refractivity contribution in [3.8, 4) is 0 Å². The summed E-state index contributed by atoms with van der Waals surface area (Å²) < 4.78 is 5.05. The molecule has 0 aliphatic heterocycles. The summed E-state index contributed by atoms with van der Waals surface area (Å²) in [5, 5.41) is 0. The maximum absolute atomic E-state index is 11.5. The van der Waals surface area contributed by atoms with Crippen LogP contribution in [0.1, 0.15) is 57.4 Å². The number of carbonyl (C=O) groups excluding carboxylic acids is 1. The lowest BCUT2D eigenvalue weighted by Crippen LogP contribution is -2.37. The molecule has 1 aromatic rings. The fraction of sp³-hybridized carbons (Fsp3) is 0.682. The van der Waals surface area contributed by atoms with E-state index in [1.165, 1.54) is 37.7 Å². The van der Waals surface area contributed by atoms with Gasteiger partial charge in [-0.1, -0.05) is 43.2 Å². The van der Waals surface area contributed by atoms with Crippen molar-refractivity contribution < 1.29 is 9.53 Å². The van der Waals surface area contributed by atoms with Gasteiger partial charge in [-0.3, -0.25) is 4.79 Å². The minimum atomic E-state index is -0.0290. The minimum absolute atomic E-state index is 0.0290. The molecule has 0 N–H and O–H groups in total. The normalized spacial score (nSPS) is 21.9. The van der Waals surface area contributed by atoms with Gasteiger partial charge in [-0.15, -0.1) is 0 Å². The number of rotatable bonds is 9. The van der Waals surface area contributed by atoms with Gasteiger partial charge in [0.25, 0.3) is 0 Å². The van der Waals surface area contributed by atoms with E-state index in [1.807, 2.05) is 6.92 Å². The van der Waals surface area contributed by atoms with Crippen LogP contribution in [0.2, 0.25) is 0 Å². The largest absolute Gasteiger partial charge is 0.466 e. The van der Waals surface area contributed by atoms with Gasteiger partial charge in [0.1, 0.15) is 0 Å². The van der Waals surface area contributed by atoms with Crippen molar-refractivity contribution in [1.82, 2.24) is 4.90 Å². The molecule has 1 unspecified atom stereocenters. The van der Waals surface area contributed by atoms with Crippen LogP contribution < -0.4 is 0 Å². The third-order valence-corrected chi connectivity index (χ3v) is 5.73. The first-order chi connectivity index (χ1) is 12.1. The molecular formula is C22H35NO2. The van der Waals surface area contributed by atoms with Gasteiger partial charge in [0.2, 0.25) is 0 Å². The minimum Gasteiger partial charge on any atom is -0.466 e. The van der Waals surface area contributed by atoms with Gasteiger partial charge in [0, 0.05) is 12.5 Å². The number of ether oxygens (including phenoxy) is 1. The second-order valence-electron chi connectivity index (χ2n) is 7.68. The molecule has 1 saturated carbocycles. The first-order valence-electron chi connectivity index (χ1n) is 9.96. The van der Waals surface area contributed by atoms with E-state index in [4.69, 9.17) is 4.74 Å². The Labute approximate surface area is 153 Å². The Hall–Kier alpha value is -1.35. The van der Waals surface area contributed by atoms with E-state index in [0.717, 1.165) is 18.8 Å². The zero-order chi connectivity index (χ0) is 18.1. The van der Waals surface area contributed by atoms with Gasteiger partial charge in [0.15, 0.2) is 0 Å². The van der Waals surface area contributed by atoms with Crippen LogP contribution in [0.4, 0.5) is 0 Å². The summed E-state index contributed by atoms with van der Waals surface area (Å²) in [4.78, 5) is 14.0. The maximum atomic E-state index is 11.5. The van der Waals surface area contributed by atoms with E-state index in [9.17, 15) is 4.79 Å². The Morgan fingerprint density at radius 1 is 1.16 bits per heavy atom. The Bertz CT molecular complexity index is 492. The summed E-state index contributed by atoms with van der Waals surface area (Å²) in [7, 11) is 4.45. The van der Waals surface area contributed by atoms with Crippen molar-refractivity contribution in [3.63, 3.8) is 0 Å². The molecule has 0 radical (unpaired) electrons. The zero-order valence-corrected chi connectivity index (χ0v) is 16.2. The molecule has 0 heterocycles. The molecule has 25 heavy (non-hydrogen) atoms. The van der Waals surface area contributed by atoms with Crippen molar-refractivity contribution in [3.05, 3.63) is 35.9 Å². The van der Waals surface area contributed by atoms with Gasteiger partial charge in [-0.25, -0.2) is 0 Å². The molecule has 1 aliphatic rings. The maximum Gasteiger partial charge on any atom is 0.305 e. The molecule has 1 aromatic carbocycles. The average Bonchev–Trinajstić information content (AvgIpc) is 2.62. The predicted molar refractivity (Wildman–Crippen MR) is 104 cm³/mol. The molecule has 0 spiro atoms. The highest BCUT2D eigenvalue weighted by Crippen LogP contribution is 2.35. The first kappa shape index (κ1) is 20.0. The van der Waals surface area contributed by atoms with Crippen LogP contribution in [0.25, 0.3) is 0 Å². The standard InChI is InChI=1S/C22H35NO2/c1-4-25-22(24)17-13-19-10-14-20(15-11-19)21(23(2)3)16-12-18-8-6-5-7-9-18/h5-9,19-21H,4,10-17H2,1-3H3. The second-order valence-corrected chi connectivity index (χ2v) is 7.68. The topological polar surface area (TPSA) is 29.5 Å². The molecule has 1 fully saturated rings. The highest BCUT2D eigenvalue weighted by atomic mass is 16.5. The number of nitrogens with zero attached hydrogens (tertiary/aromatic N) is 1. The van der Waals surface area contributed by atoms with Gasteiger partial charge in [-0.2, -0.15) is 0 Å². The van der Waals surface area contributed by atoms with Crippen LogP contribution in [-0.2, 0) is 16.0 Å². The fourth-order valence-corrected chi connectivity index (χ4v) is 4.29. The van der Waals surface area contributed by atoms with Gasteiger partial charge < -0.3 is 9.64 Å². The zero-order valence-electron chi connectivity index (χ0n) is 16.2. The quantitative estimate of drug-likeness (QED) is 0.608. The molecule has 0 bridgehead atoms. The third kappa shape index (κ3) is 6.81. The number of esters is 1. The summed E-state index contributed by atoms with van der Waals surface area (Å²) in [5.74, 6) is 1.47. The molecule has 0 amide bonds. The van der Waals surface area contributed by atoms with Crippen molar-refractivity contribution in [2.75, 3.05) is 20.7 Å². The highest BCUT2D eigenvalue weighted by Gasteiger charge is 2.28. The summed E-state index contributed by atoms with van der Waals surface area (Å²) in [6.45, 7) is 2.37. The molecule has 0 aromatic heterocycles. The van der Waals surface area contributed by atoms with E-state index in [2.05, 4.69) is 49.3 Å². The molecule has 2 rings (SSSR count). The van der Waals surface area contributed by atoms with Crippen LogP contribution in [-0.4, -0.2) is 37.6 Å². The van der Waals surface area contributed by atoms with Crippen molar-refractivity contribution in [2.24, 2.45) is 11.8 Å². The Kier molecular flexibility index (Phi) is 8.47. The fourth-order valence-electron chi connectivity index (χ4n) is 4.29. The summed E-state index contributed by atoms with van der Waals surface area (Å²) in [6.07, 6.45) is 9.11. The summed E-state index contributed by atoms with van der Waals surface area (Å²) >= 11 is 0. The Morgan fingerprint density at radius 2 is 1.84 bits per heavy atom. The van der Waals surface area contributed by atoms with E-state index < -0.39 is 0 Å². The van der Waals surface area contributed by atoms with Crippen LogP contribution in [0.5, 0.6) is 0 Å². The average molecular weight is 346 g/mol. The molecule has 140 valence electrons. The SMILES string of the molecule is CCOC(=O)CCC1CCC(C(CCc2ccccc2)N(C)C)CC1. The predicted octanol–water partition coefficient (Wildman–Crippen LogP) is 4.70. The molecule has 1 atom stereocenters. The monoisotopic (exact) mass is 345 g/mol. The van der Waals surface area contributed by atoms with Crippen LogP contribution >= 0.6 is 0 Å². The Balaban J connectivity index is 1.76. The number of aryl methyl sites for hydroxylation is 1. The van der Waals surface area contributed by atoms with Crippen LogP contribution in [0, 0.1) is 11.8 Å². The number of hydrogen-bond donors (Lipinski definition) is 0. The lowest BCUT2D eigenvalue weighted by molar-refractivity contribution is -0.143. The Morgan fingerprint density at radius 3 is 2.44 bits per heavy atom. The molecule has 1 aliphatic carbocycles. The van der Waals surface area contributed by atoms with E-state index in [-0.39, 0.29) is 5.97 Å². The van der Waals surface area contributed by atoms with E-state index >= 15 is 0 Å². The molecular weight excluding hydrogens is 310 g/mol. The van der Waals surface area contributed by atoms with Gasteiger partial charge in [0.05, 0.1) is 6.61 Å². The van der Waals surface area contributed by atoms with Gasteiger partial charge in [-0.05, 0) is 70.5 Å². The lowest BCUT2D eigenvalue weighted by atomic mass is 9.75. The van der Waals surface area contributed by atoms with Gasteiger partial charge >= 0.3 is 5.97 Å². The van der Waals surface area contributed by atoms with E-state index in [0.29, 0.717) is 25.0 Å². The third-order valence-electron chi connectivity index (χ3n) is 5.73. The molecule has 0 saturated heterocycles. The first-order valence-corrected chi connectivity index (χ1v) is 9.96. The highest BCUT2D eigenvalue weighted by molar-refractivity contribution is 5.69. The second kappa shape index (κ2) is 10.6. The molecule has 3 nitrogen and oxygen atoms in total. The van der Waals surface area contributed by atoms with Crippen molar-refractivity contribution in [1.29, 1.82) is 0 Å². The van der Waals surface area contributed by atoms with Crippen molar-refractivity contribution in [2.45, 2.75) is 64.3 Å². The smallest absolute Gasteiger partial charge is 0.305 e. The lowest BCUT2D eigenvalue weighted by Gasteiger charge is -2.37. The number of carbonyl (C=O) groups is 1. The van der Waals surface area contributed by atoms with Crippen molar-refractivity contribution >= 4 is 5.97 Å². The number of hydrogen-bond acceptors (Lipinski definition) is 3. The molecule has 3 heteroatoms. The van der Waals surface area contributed by atoms with Crippen LogP contribution in [0.15, 0.2) is 30.3 Å². The van der Waals surface area contributed by atoms with Crippen LogP contribution in [0.3, 0.4) is 0 Å². The van der Waals surface area contributed by atoms with E-state index in [1.54, 1.807) is 0 Å².